The van der Waals surface area contributed by atoms with E-state index in [1.165, 1.54) is 6.08 Å². The van der Waals surface area contributed by atoms with E-state index < -0.39 is 5.97 Å². The second-order valence-corrected chi connectivity index (χ2v) is 2.13. The summed E-state index contributed by atoms with van der Waals surface area (Å²) in [6.07, 6.45) is 2.29. The molecule has 0 amide bonds. The summed E-state index contributed by atoms with van der Waals surface area (Å²) >= 11 is 0. The summed E-state index contributed by atoms with van der Waals surface area (Å²) in [4.78, 5) is 10.1. The number of rotatable bonds is 3. The smallest absolute Gasteiger partial charge is 0.328 e. The molecule has 0 fully saturated rings. The van der Waals surface area contributed by atoms with Gasteiger partial charge in [0.05, 0.1) is 0 Å². The summed E-state index contributed by atoms with van der Waals surface area (Å²) in [5.41, 5.74) is 0. The fourth-order valence-electron chi connectivity index (χ4n) is 0.722. The summed E-state index contributed by atoms with van der Waals surface area (Å²) in [6, 6.07) is 3.17. The molecule has 4 heteroatoms. The molecule has 0 aromatic carbocycles. The molecule has 2 N–H and O–H groups in total. The Labute approximate surface area is 68.7 Å². The van der Waals surface area contributed by atoms with Crippen molar-refractivity contribution in [1.82, 2.24) is 0 Å². The van der Waals surface area contributed by atoms with Crippen LogP contribution in [-0.4, -0.2) is 16.2 Å². The van der Waals surface area contributed by atoms with Crippen molar-refractivity contribution < 1.29 is 19.4 Å². The Morgan fingerprint density at radius 1 is 1.58 bits per heavy atom. The lowest BCUT2D eigenvalue weighted by Gasteiger charge is -1.85. The average Bonchev–Trinajstić information content (AvgIpc) is 2.48. The van der Waals surface area contributed by atoms with Gasteiger partial charge >= 0.3 is 5.97 Å². The first-order valence-corrected chi connectivity index (χ1v) is 3.33. The van der Waals surface area contributed by atoms with Crippen LogP contribution >= 0.6 is 0 Å². The highest BCUT2D eigenvalue weighted by molar-refractivity contribution is 5.84. The van der Waals surface area contributed by atoms with Gasteiger partial charge in [0, 0.05) is 6.08 Å². The Kier molecular flexibility index (Phi) is 2.66. The lowest BCUT2D eigenvalue weighted by atomic mass is 10.4. The number of aliphatic hydroxyl groups is 1. The number of carboxylic acids is 1. The van der Waals surface area contributed by atoms with Gasteiger partial charge in [0.15, 0.2) is 0 Å². The van der Waals surface area contributed by atoms with Gasteiger partial charge in [0.2, 0.25) is 0 Å². The van der Waals surface area contributed by atoms with Crippen LogP contribution in [0.4, 0.5) is 0 Å². The highest BCUT2D eigenvalue weighted by Crippen LogP contribution is 2.08. The third-order valence-corrected chi connectivity index (χ3v) is 1.23. The molecule has 0 aliphatic heterocycles. The van der Waals surface area contributed by atoms with Gasteiger partial charge in [-0.3, -0.25) is 0 Å². The van der Waals surface area contributed by atoms with Gasteiger partial charge in [-0.1, -0.05) is 0 Å². The van der Waals surface area contributed by atoms with Crippen LogP contribution in [0.5, 0.6) is 0 Å². The minimum Gasteiger partial charge on any atom is -0.478 e. The topological polar surface area (TPSA) is 70.7 Å². The summed E-state index contributed by atoms with van der Waals surface area (Å²) < 4.78 is 4.98. The standard InChI is InChI=1S/C8H8O4/c9-5-7-2-1-6(12-7)3-4-8(10)11/h1-4,9H,5H2,(H,10,11). The Bertz CT molecular complexity index is 298. The van der Waals surface area contributed by atoms with Crippen LogP contribution in [0.3, 0.4) is 0 Å². The van der Waals surface area contributed by atoms with Gasteiger partial charge in [0.1, 0.15) is 18.1 Å². The maximum Gasteiger partial charge on any atom is 0.328 e. The normalized spacial score (nSPS) is 10.8. The Balaban J connectivity index is 2.70. The Morgan fingerprint density at radius 2 is 2.33 bits per heavy atom. The molecule has 1 rings (SSSR count). The first kappa shape index (κ1) is 8.55. The quantitative estimate of drug-likeness (QED) is 0.657. The molecule has 0 unspecified atom stereocenters. The number of hydrogen-bond acceptors (Lipinski definition) is 3. The Morgan fingerprint density at radius 3 is 2.83 bits per heavy atom. The number of aliphatic carboxylic acids is 1. The zero-order valence-corrected chi connectivity index (χ0v) is 6.23. The van der Waals surface area contributed by atoms with Crippen LogP contribution < -0.4 is 0 Å². The average molecular weight is 168 g/mol. The summed E-state index contributed by atoms with van der Waals surface area (Å²) in [5, 5.41) is 16.9. The lowest BCUT2D eigenvalue weighted by Crippen LogP contribution is -1.84. The van der Waals surface area contributed by atoms with Gasteiger partial charge < -0.3 is 14.6 Å². The minimum atomic E-state index is -1.03. The van der Waals surface area contributed by atoms with Crippen molar-refractivity contribution in [2.75, 3.05) is 0 Å². The fourth-order valence-corrected chi connectivity index (χ4v) is 0.722. The van der Waals surface area contributed by atoms with E-state index in [9.17, 15) is 4.79 Å². The minimum absolute atomic E-state index is 0.180. The SMILES string of the molecule is O=C(O)C=Cc1ccc(CO)o1. The zero-order valence-electron chi connectivity index (χ0n) is 6.23. The van der Waals surface area contributed by atoms with Crippen LogP contribution in [0.2, 0.25) is 0 Å². The van der Waals surface area contributed by atoms with Crippen molar-refractivity contribution in [2.24, 2.45) is 0 Å². The second kappa shape index (κ2) is 3.73. The molecule has 0 radical (unpaired) electrons. The number of aliphatic hydroxyl groups excluding tert-OH is 1. The second-order valence-electron chi connectivity index (χ2n) is 2.13. The maximum atomic E-state index is 10.1. The van der Waals surface area contributed by atoms with Crippen molar-refractivity contribution >= 4 is 12.0 Å². The van der Waals surface area contributed by atoms with E-state index in [2.05, 4.69) is 0 Å². The van der Waals surface area contributed by atoms with Crippen LogP contribution in [0.1, 0.15) is 11.5 Å². The van der Waals surface area contributed by atoms with E-state index in [4.69, 9.17) is 14.6 Å². The molecule has 64 valence electrons. The van der Waals surface area contributed by atoms with E-state index in [0.29, 0.717) is 11.5 Å². The molecule has 0 spiro atoms. The molecule has 0 saturated heterocycles. The predicted molar refractivity (Wildman–Crippen MR) is 41.3 cm³/mol. The third-order valence-electron chi connectivity index (χ3n) is 1.23. The molecule has 4 nitrogen and oxygen atoms in total. The van der Waals surface area contributed by atoms with Gasteiger partial charge in [0.25, 0.3) is 0 Å². The van der Waals surface area contributed by atoms with Gasteiger partial charge in [-0.15, -0.1) is 0 Å². The first-order chi connectivity index (χ1) is 5.72. The first-order valence-electron chi connectivity index (χ1n) is 3.33. The molecule has 0 aliphatic carbocycles. The van der Waals surface area contributed by atoms with Crippen LogP contribution in [0, 0.1) is 0 Å². The molecule has 1 aromatic rings. The van der Waals surface area contributed by atoms with Crippen molar-refractivity contribution in [3.05, 3.63) is 29.7 Å². The largest absolute Gasteiger partial charge is 0.478 e. The van der Waals surface area contributed by atoms with E-state index >= 15 is 0 Å². The van der Waals surface area contributed by atoms with Crippen LogP contribution in [0.25, 0.3) is 6.08 Å². The van der Waals surface area contributed by atoms with Crippen molar-refractivity contribution in [3.8, 4) is 0 Å². The summed E-state index contributed by atoms with van der Waals surface area (Å²) in [7, 11) is 0. The molecular formula is C8H8O4. The molecule has 0 saturated carbocycles. The van der Waals surface area contributed by atoms with Crippen molar-refractivity contribution in [3.63, 3.8) is 0 Å². The van der Waals surface area contributed by atoms with E-state index in [1.54, 1.807) is 12.1 Å². The fraction of sp³-hybridized carbons (Fsp3) is 0.125. The van der Waals surface area contributed by atoms with Crippen molar-refractivity contribution in [1.29, 1.82) is 0 Å². The molecule has 0 atom stereocenters. The van der Waals surface area contributed by atoms with E-state index in [1.807, 2.05) is 0 Å². The molecule has 12 heavy (non-hydrogen) atoms. The zero-order chi connectivity index (χ0) is 8.97. The van der Waals surface area contributed by atoms with Gasteiger partial charge in [-0.25, -0.2) is 4.79 Å². The van der Waals surface area contributed by atoms with E-state index in [0.717, 1.165) is 6.08 Å². The van der Waals surface area contributed by atoms with Crippen LogP contribution in [0.15, 0.2) is 22.6 Å². The number of carboxylic acid groups (broad SMARTS) is 1. The molecule has 0 aliphatic rings. The Hall–Kier alpha value is -1.55. The summed E-state index contributed by atoms with van der Waals surface area (Å²) in [5.74, 6) is -0.196. The van der Waals surface area contributed by atoms with Crippen molar-refractivity contribution in [2.45, 2.75) is 6.61 Å². The highest BCUT2D eigenvalue weighted by atomic mass is 16.4. The summed E-state index contributed by atoms with van der Waals surface area (Å²) in [6.45, 7) is -0.180. The van der Waals surface area contributed by atoms with Gasteiger partial charge in [-0.05, 0) is 18.2 Å². The third kappa shape index (κ3) is 2.25. The van der Waals surface area contributed by atoms with Crippen LogP contribution in [-0.2, 0) is 11.4 Å². The molecule has 0 bridgehead atoms. The van der Waals surface area contributed by atoms with E-state index in [-0.39, 0.29) is 6.61 Å². The number of carbonyl (C=O) groups is 1. The molecular weight excluding hydrogens is 160 g/mol. The molecule has 1 aromatic heterocycles. The number of furan rings is 1. The number of hydrogen-bond donors (Lipinski definition) is 2. The monoisotopic (exact) mass is 168 g/mol. The highest BCUT2D eigenvalue weighted by Gasteiger charge is 1.96. The predicted octanol–water partition coefficient (Wildman–Crippen LogP) is 0.870. The van der Waals surface area contributed by atoms with Gasteiger partial charge in [-0.2, -0.15) is 0 Å². The lowest BCUT2D eigenvalue weighted by molar-refractivity contribution is -0.131. The maximum absolute atomic E-state index is 10.1. The molecule has 1 heterocycles.